The number of β-amino-alcohol motifs (C(OH)–C–C–N with tert-alkyl or cyclic N) is 1. The van der Waals surface area contributed by atoms with Crippen molar-refractivity contribution in [3.05, 3.63) is 23.8 Å². The smallest absolute Gasteiger partial charge is 0.161 e. The van der Waals surface area contributed by atoms with E-state index in [1.807, 2.05) is 32.0 Å². The third kappa shape index (κ3) is 6.76. The van der Waals surface area contributed by atoms with E-state index in [4.69, 9.17) is 14.2 Å². The molecule has 1 unspecified atom stereocenters. The lowest BCUT2D eigenvalue weighted by atomic mass is 10.1. The van der Waals surface area contributed by atoms with Crippen molar-refractivity contribution in [2.45, 2.75) is 44.9 Å². The Balaban J connectivity index is 1.83. The highest BCUT2D eigenvalue weighted by Gasteiger charge is 2.17. The minimum absolute atomic E-state index is 0.196. The van der Waals surface area contributed by atoms with E-state index in [-0.39, 0.29) is 12.2 Å². The van der Waals surface area contributed by atoms with E-state index in [0.717, 1.165) is 31.7 Å². The first kappa shape index (κ1) is 21.0. The van der Waals surface area contributed by atoms with Crippen molar-refractivity contribution in [2.24, 2.45) is 0 Å². The molecule has 6 nitrogen and oxygen atoms in total. The van der Waals surface area contributed by atoms with Crippen molar-refractivity contribution in [3.8, 4) is 11.5 Å². The average molecular weight is 367 g/mol. The summed E-state index contributed by atoms with van der Waals surface area (Å²) >= 11 is 0. The standard InChI is InChI=1S/C20H34N2O4/c1-20(2,25-4)15-21-12-16-7-8-18(19(11-16)24-3)26-14-17(23)13-22-9-5-6-10-22/h7-8,11,17,21,23H,5-6,9-10,12-15H2,1-4H3. The van der Waals surface area contributed by atoms with Crippen LogP contribution in [-0.2, 0) is 11.3 Å². The molecule has 1 aliphatic rings. The molecule has 1 fully saturated rings. The number of likely N-dealkylation sites (tertiary alicyclic amines) is 1. The van der Waals surface area contributed by atoms with Crippen molar-refractivity contribution in [1.82, 2.24) is 10.2 Å². The molecule has 1 saturated heterocycles. The number of hydrogen-bond acceptors (Lipinski definition) is 6. The molecule has 148 valence electrons. The van der Waals surface area contributed by atoms with E-state index < -0.39 is 6.10 Å². The van der Waals surface area contributed by atoms with E-state index in [2.05, 4.69) is 10.2 Å². The highest BCUT2D eigenvalue weighted by atomic mass is 16.5. The molecule has 2 rings (SSSR count). The molecule has 0 spiro atoms. The lowest BCUT2D eigenvalue weighted by molar-refractivity contribution is 0.0230. The summed E-state index contributed by atoms with van der Waals surface area (Å²) in [6.07, 6.45) is 1.95. The van der Waals surface area contributed by atoms with Gasteiger partial charge in [-0.05, 0) is 57.5 Å². The number of aliphatic hydroxyl groups is 1. The minimum atomic E-state index is -0.490. The molecule has 0 bridgehead atoms. The van der Waals surface area contributed by atoms with Crippen LogP contribution in [-0.4, -0.2) is 68.7 Å². The number of benzene rings is 1. The van der Waals surface area contributed by atoms with Crippen LogP contribution in [0.25, 0.3) is 0 Å². The van der Waals surface area contributed by atoms with Gasteiger partial charge in [0.1, 0.15) is 12.7 Å². The van der Waals surface area contributed by atoms with Crippen molar-refractivity contribution in [2.75, 3.05) is 47.0 Å². The van der Waals surface area contributed by atoms with Crippen molar-refractivity contribution in [1.29, 1.82) is 0 Å². The Morgan fingerprint density at radius 2 is 1.92 bits per heavy atom. The van der Waals surface area contributed by atoms with Crippen LogP contribution in [0.3, 0.4) is 0 Å². The number of nitrogens with one attached hydrogen (secondary N) is 1. The fourth-order valence-electron chi connectivity index (χ4n) is 3.02. The summed E-state index contributed by atoms with van der Waals surface area (Å²) in [6, 6.07) is 5.88. The Kier molecular flexibility index (Phi) is 8.15. The monoisotopic (exact) mass is 366 g/mol. The molecule has 0 saturated carbocycles. The van der Waals surface area contributed by atoms with E-state index in [1.165, 1.54) is 12.8 Å². The second-order valence-corrected chi connectivity index (χ2v) is 7.53. The van der Waals surface area contributed by atoms with Gasteiger partial charge in [-0.2, -0.15) is 0 Å². The summed E-state index contributed by atoms with van der Waals surface area (Å²) in [5, 5.41) is 13.6. The van der Waals surface area contributed by atoms with Gasteiger partial charge in [0, 0.05) is 26.7 Å². The maximum atomic E-state index is 10.2. The van der Waals surface area contributed by atoms with Gasteiger partial charge in [0.05, 0.1) is 12.7 Å². The second kappa shape index (κ2) is 10.1. The Morgan fingerprint density at radius 1 is 1.19 bits per heavy atom. The van der Waals surface area contributed by atoms with Crippen LogP contribution >= 0.6 is 0 Å². The molecule has 1 aromatic rings. The number of hydrogen-bond donors (Lipinski definition) is 2. The van der Waals surface area contributed by atoms with E-state index in [1.54, 1.807) is 14.2 Å². The molecular formula is C20H34N2O4. The summed E-state index contributed by atoms with van der Waals surface area (Å²) in [5.41, 5.74) is 0.914. The third-order valence-electron chi connectivity index (χ3n) is 4.76. The molecule has 0 radical (unpaired) electrons. The van der Waals surface area contributed by atoms with E-state index in [9.17, 15) is 5.11 Å². The van der Waals surface area contributed by atoms with Gasteiger partial charge in [-0.25, -0.2) is 0 Å². The fraction of sp³-hybridized carbons (Fsp3) is 0.700. The van der Waals surface area contributed by atoms with Gasteiger partial charge < -0.3 is 29.5 Å². The molecular weight excluding hydrogens is 332 g/mol. The second-order valence-electron chi connectivity index (χ2n) is 7.53. The predicted octanol–water partition coefficient (Wildman–Crippen LogP) is 2.05. The molecule has 1 aromatic carbocycles. The predicted molar refractivity (Wildman–Crippen MR) is 103 cm³/mol. The van der Waals surface area contributed by atoms with Crippen LogP contribution in [0.2, 0.25) is 0 Å². The number of nitrogens with zero attached hydrogens (tertiary/aromatic N) is 1. The Hall–Kier alpha value is -1.34. The number of ether oxygens (including phenoxy) is 3. The van der Waals surface area contributed by atoms with E-state index >= 15 is 0 Å². The third-order valence-corrected chi connectivity index (χ3v) is 4.76. The zero-order valence-electron chi connectivity index (χ0n) is 16.6. The van der Waals surface area contributed by atoms with Crippen LogP contribution in [0.15, 0.2) is 18.2 Å². The van der Waals surface area contributed by atoms with Crippen LogP contribution in [0.5, 0.6) is 11.5 Å². The zero-order valence-corrected chi connectivity index (χ0v) is 16.6. The van der Waals surface area contributed by atoms with Crippen molar-refractivity contribution < 1.29 is 19.3 Å². The number of aliphatic hydroxyl groups excluding tert-OH is 1. The highest BCUT2D eigenvalue weighted by molar-refractivity contribution is 5.43. The van der Waals surface area contributed by atoms with Crippen LogP contribution in [0, 0.1) is 0 Å². The van der Waals surface area contributed by atoms with Gasteiger partial charge in [-0.15, -0.1) is 0 Å². The van der Waals surface area contributed by atoms with E-state index in [0.29, 0.717) is 18.0 Å². The summed E-state index contributed by atoms with van der Waals surface area (Å²) in [5.74, 6) is 1.35. The summed E-state index contributed by atoms with van der Waals surface area (Å²) < 4.78 is 16.6. The van der Waals surface area contributed by atoms with Gasteiger partial charge in [0.15, 0.2) is 11.5 Å². The molecule has 1 atom stereocenters. The Morgan fingerprint density at radius 3 is 2.58 bits per heavy atom. The van der Waals surface area contributed by atoms with Gasteiger partial charge in [0.2, 0.25) is 0 Å². The summed E-state index contributed by atoms with van der Waals surface area (Å²) in [4.78, 5) is 2.28. The first-order valence-electron chi connectivity index (χ1n) is 9.39. The Bertz CT molecular complexity index is 545. The molecule has 26 heavy (non-hydrogen) atoms. The number of methoxy groups -OCH3 is 2. The van der Waals surface area contributed by atoms with Gasteiger partial charge in [-0.3, -0.25) is 0 Å². The zero-order chi connectivity index (χ0) is 19.0. The SMILES string of the molecule is COc1cc(CNCC(C)(C)OC)ccc1OCC(O)CN1CCCC1. The molecule has 0 amide bonds. The molecule has 0 aromatic heterocycles. The van der Waals surface area contributed by atoms with Crippen molar-refractivity contribution >= 4 is 0 Å². The van der Waals surface area contributed by atoms with Crippen LogP contribution in [0.4, 0.5) is 0 Å². The number of rotatable bonds is 11. The lowest BCUT2D eigenvalue weighted by Crippen LogP contribution is -2.36. The minimum Gasteiger partial charge on any atom is -0.493 e. The first-order valence-corrected chi connectivity index (χ1v) is 9.39. The quantitative estimate of drug-likeness (QED) is 0.625. The maximum Gasteiger partial charge on any atom is 0.161 e. The molecule has 0 aliphatic carbocycles. The van der Waals surface area contributed by atoms with Crippen molar-refractivity contribution in [3.63, 3.8) is 0 Å². The van der Waals surface area contributed by atoms with Gasteiger partial charge in [0.25, 0.3) is 0 Å². The van der Waals surface area contributed by atoms with Crippen LogP contribution in [0.1, 0.15) is 32.3 Å². The fourth-order valence-corrected chi connectivity index (χ4v) is 3.02. The molecule has 6 heteroatoms. The first-order chi connectivity index (χ1) is 12.4. The lowest BCUT2D eigenvalue weighted by Gasteiger charge is -2.23. The largest absolute Gasteiger partial charge is 0.493 e. The summed E-state index contributed by atoms with van der Waals surface area (Å²) in [7, 11) is 3.35. The molecule has 1 aliphatic heterocycles. The highest BCUT2D eigenvalue weighted by Crippen LogP contribution is 2.28. The molecule has 1 heterocycles. The van der Waals surface area contributed by atoms with Gasteiger partial charge >= 0.3 is 0 Å². The average Bonchev–Trinajstić information content (AvgIpc) is 3.13. The van der Waals surface area contributed by atoms with Gasteiger partial charge in [-0.1, -0.05) is 6.07 Å². The maximum absolute atomic E-state index is 10.2. The topological polar surface area (TPSA) is 63.2 Å². The normalized spacial score (nSPS) is 16.7. The summed E-state index contributed by atoms with van der Waals surface area (Å²) in [6.45, 7) is 8.65. The van der Waals surface area contributed by atoms with Crippen LogP contribution < -0.4 is 14.8 Å². The molecule has 2 N–H and O–H groups in total. The Labute approximate surface area is 157 Å².